The van der Waals surface area contributed by atoms with E-state index in [4.69, 9.17) is 4.74 Å². The molecule has 29 heavy (non-hydrogen) atoms. The smallest absolute Gasteiger partial charge is 0.120 e. The Kier molecular flexibility index (Phi) is 5.25. The van der Waals surface area contributed by atoms with Gasteiger partial charge in [0.1, 0.15) is 5.75 Å². The first-order valence-corrected chi connectivity index (χ1v) is 10.9. The SMILES string of the molecule is OC[C@H]1CCCN1Cc1cc2cc(-c3cccc(OC4CCCC4)c3)ncc2[nH]1. The number of hydrogen-bond acceptors (Lipinski definition) is 4. The quantitative estimate of drug-likeness (QED) is 0.649. The van der Waals surface area contributed by atoms with Crippen LogP contribution in [-0.4, -0.2) is 45.3 Å². The molecule has 1 aliphatic heterocycles. The second-order valence-electron chi connectivity index (χ2n) is 8.45. The van der Waals surface area contributed by atoms with E-state index >= 15 is 0 Å². The molecule has 0 spiro atoms. The number of aromatic amines is 1. The summed E-state index contributed by atoms with van der Waals surface area (Å²) < 4.78 is 6.16. The van der Waals surface area contributed by atoms with Crippen LogP contribution in [0.1, 0.15) is 44.2 Å². The predicted octanol–water partition coefficient (Wildman–Crippen LogP) is 4.51. The van der Waals surface area contributed by atoms with E-state index < -0.39 is 0 Å². The maximum atomic E-state index is 9.56. The first kappa shape index (κ1) is 18.6. The van der Waals surface area contributed by atoms with Crippen LogP contribution in [0.4, 0.5) is 0 Å². The lowest BCUT2D eigenvalue weighted by atomic mass is 10.1. The zero-order valence-electron chi connectivity index (χ0n) is 16.8. The lowest BCUT2D eigenvalue weighted by Gasteiger charge is -2.21. The number of nitrogens with one attached hydrogen (secondary N) is 1. The average Bonchev–Trinajstić information content (AvgIpc) is 3.48. The molecule has 5 rings (SSSR count). The van der Waals surface area contributed by atoms with E-state index in [-0.39, 0.29) is 12.6 Å². The zero-order valence-corrected chi connectivity index (χ0v) is 16.8. The van der Waals surface area contributed by atoms with Gasteiger partial charge in [-0.15, -0.1) is 0 Å². The average molecular weight is 392 g/mol. The zero-order chi connectivity index (χ0) is 19.6. The first-order valence-electron chi connectivity index (χ1n) is 10.9. The Hall–Kier alpha value is -2.37. The first-order chi connectivity index (χ1) is 14.3. The highest BCUT2D eigenvalue weighted by molar-refractivity contribution is 5.83. The van der Waals surface area contributed by atoms with Crippen molar-refractivity contribution in [1.82, 2.24) is 14.9 Å². The molecular weight excluding hydrogens is 362 g/mol. The number of rotatable bonds is 6. The van der Waals surface area contributed by atoms with Crippen molar-refractivity contribution in [2.75, 3.05) is 13.2 Å². The number of aliphatic hydroxyl groups is 1. The summed E-state index contributed by atoms with van der Waals surface area (Å²) in [7, 11) is 0. The number of pyridine rings is 1. The van der Waals surface area contributed by atoms with E-state index in [1.54, 1.807) is 0 Å². The third kappa shape index (κ3) is 4.02. The molecule has 1 aromatic carbocycles. The molecule has 1 aliphatic carbocycles. The summed E-state index contributed by atoms with van der Waals surface area (Å²) in [5, 5.41) is 10.7. The van der Waals surface area contributed by atoms with E-state index in [0.717, 1.165) is 61.3 Å². The lowest BCUT2D eigenvalue weighted by Crippen LogP contribution is -2.31. The van der Waals surface area contributed by atoms with Crippen LogP contribution in [-0.2, 0) is 6.54 Å². The minimum absolute atomic E-state index is 0.241. The van der Waals surface area contributed by atoms with Crippen LogP contribution in [0, 0.1) is 0 Å². The van der Waals surface area contributed by atoms with E-state index in [1.165, 1.54) is 23.9 Å². The fourth-order valence-corrected chi connectivity index (χ4v) is 4.79. The maximum absolute atomic E-state index is 9.56. The van der Waals surface area contributed by atoms with Gasteiger partial charge >= 0.3 is 0 Å². The molecule has 152 valence electrons. The summed E-state index contributed by atoms with van der Waals surface area (Å²) in [6.45, 7) is 2.14. The van der Waals surface area contributed by atoms with E-state index in [2.05, 4.69) is 45.2 Å². The maximum Gasteiger partial charge on any atom is 0.120 e. The molecule has 2 N–H and O–H groups in total. The topological polar surface area (TPSA) is 61.4 Å². The van der Waals surface area contributed by atoms with Crippen LogP contribution in [0.2, 0.25) is 0 Å². The van der Waals surface area contributed by atoms with Gasteiger partial charge in [0.2, 0.25) is 0 Å². The normalized spacial score (nSPS) is 20.7. The molecule has 1 atom stereocenters. The second kappa shape index (κ2) is 8.17. The van der Waals surface area contributed by atoms with E-state index in [9.17, 15) is 5.11 Å². The Morgan fingerprint density at radius 1 is 1.10 bits per heavy atom. The van der Waals surface area contributed by atoms with Crippen molar-refractivity contribution in [3.05, 3.63) is 48.3 Å². The second-order valence-corrected chi connectivity index (χ2v) is 8.45. The van der Waals surface area contributed by atoms with Crippen LogP contribution < -0.4 is 4.74 Å². The van der Waals surface area contributed by atoms with Gasteiger partial charge < -0.3 is 14.8 Å². The van der Waals surface area contributed by atoms with Crippen LogP contribution >= 0.6 is 0 Å². The number of H-pyrrole nitrogens is 1. The molecule has 2 aliphatic rings. The fraction of sp³-hybridized carbons (Fsp3) is 0.458. The summed E-state index contributed by atoms with van der Waals surface area (Å²) in [4.78, 5) is 10.5. The Bertz CT molecular complexity index is 977. The van der Waals surface area contributed by atoms with Gasteiger partial charge in [0, 0.05) is 29.2 Å². The molecule has 2 aromatic heterocycles. The van der Waals surface area contributed by atoms with E-state index in [0.29, 0.717) is 6.10 Å². The number of likely N-dealkylation sites (tertiary alicyclic amines) is 1. The molecule has 0 radical (unpaired) electrons. The van der Waals surface area contributed by atoms with Gasteiger partial charge in [-0.1, -0.05) is 12.1 Å². The standard InChI is InChI=1S/C24H29N3O2/c28-16-20-6-4-10-27(20)15-19-11-18-13-23(25-14-24(18)26-19)17-5-3-9-22(12-17)29-21-7-1-2-8-21/h3,5,9,11-14,20-21,26,28H,1-2,4,6-8,10,15-16H2/t20-/m1/s1. The lowest BCUT2D eigenvalue weighted by molar-refractivity contribution is 0.152. The highest BCUT2D eigenvalue weighted by Gasteiger charge is 2.24. The minimum atomic E-state index is 0.241. The molecule has 5 heteroatoms. The molecule has 1 saturated carbocycles. The molecule has 1 saturated heterocycles. The molecule has 0 amide bonds. The van der Waals surface area contributed by atoms with Crippen molar-refractivity contribution in [2.45, 2.75) is 57.2 Å². The number of ether oxygens (including phenoxy) is 1. The summed E-state index contributed by atoms with van der Waals surface area (Å²) in [5.41, 5.74) is 4.29. The van der Waals surface area contributed by atoms with Gasteiger partial charge in [0.25, 0.3) is 0 Å². The van der Waals surface area contributed by atoms with Gasteiger partial charge in [0.15, 0.2) is 0 Å². The van der Waals surface area contributed by atoms with Crippen LogP contribution in [0.3, 0.4) is 0 Å². The third-order valence-electron chi connectivity index (χ3n) is 6.38. The van der Waals surface area contributed by atoms with Gasteiger partial charge in [-0.05, 0) is 69.3 Å². The predicted molar refractivity (Wildman–Crippen MR) is 115 cm³/mol. The Labute approximate surface area is 171 Å². The van der Waals surface area contributed by atoms with Gasteiger partial charge in [-0.25, -0.2) is 0 Å². The molecule has 0 bridgehead atoms. The number of aliphatic hydroxyl groups excluding tert-OH is 1. The molecular formula is C24H29N3O2. The summed E-state index contributed by atoms with van der Waals surface area (Å²) in [5.74, 6) is 0.940. The Balaban J connectivity index is 1.36. The number of hydrogen-bond donors (Lipinski definition) is 2. The van der Waals surface area contributed by atoms with Crippen molar-refractivity contribution >= 4 is 10.9 Å². The van der Waals surface area contributed by atoms with Crippen molar-refractivity contribution in [1.29, 1.82) is 0 Å². The summed E-state index contributed by atoms with van der Waals surface area (Å²) in [6, 6.07) is 13.0. The van der Waals surface area contributed by atoms with Gasteiger partial charge in [-0.3, -0.25) is 9.88 Å². The highest BCUT2D eigenvalue weighted by Crippen LogP contribution is 2.29. The van der Waals surface area contributed by atoms with E-state index in [1.807, 2.05) is 12.3 Å². The van der Waals surface area contributed by atoms with Crippen LogP contribution in [0.15, 0.2) is 42.6 Å². The van der Waals surface area contributed by atoms with Crippen molar-refractivity contribution in [2.24, 2.45) is 0 Å². The largest absolute Gasteiger partial charge is 0.490 e. The molecule has 2 fully saturated rings. The van der Waals surface area contributed by atoms with Gasteiger partial charge in [0.05, 0.1) is 30.1 Å². The minimum Gasteiger partial charge on any atom is -0.490 e. The Morgan fingerprint density at radius 3 is 2.86 bits per heavy atom. The molecule has 0 unspecified atom stereocenters. The summed E-state index contributed by atoms with van der Waals surface area (Å²) in [6.07, 6.45) is 9.40. The third-order valence-corrected chi connectivity index (χ3v) is 6.38. The molecule has 3 heterocycles. The molecule has 5 nitrogen and oxygen atoms in total. The Morgan fingerprint density at radius 2 is 2.00 bits per heavy atom. The molecule has 3 aromatic rings. The van der Waals surface area contributed by atoms with Crippen LogP contribution in [0.5, 0.6) is 5.75 Å². The number of fused-ring (bicyclic) bond motifs is 1. The van der Waals surface area contributed by atoms with Crippen molar-refractivity contribution in [3.8, 4) is 17.0 Å². The highest BCUT2D eigenvalue weighted by atomic mass is 16.5. The number of nitrogens with zero attached hydrogens (tertiary/aromatic N) is 2. The van der Waals surface area contributed by atoms with Crippen molar-refractivity contribution < 1.29 is 9.84 Å². The number of aromatic nitrogens is 2. The summed E-state index contributed by atoms with van der Waals surface area (Å²) >= 11 is 0. The van der Waals surface area contributed by atoms with Crippen LogP contribution in [0.25, 0.3) is 22.2 Å². The monoisotopic (exact) mass is 391 g/mol. The van der Waals surface area contributed by atoms with Gasteiger partial charge in [-0.2, -0.15) is 0 Å². The number of benzene rings is 1. The van der Waals surface area contributed by atoms with Crippen molar-refractivity contribution in [3.63, 3.8) is 0 Å². The fourth-order valence-electron chi connectivity index (χ4n) is 4.79.